The summed E-state index contributed by atoms with van der Waals surface area (Å²) in [6.45, 7) is 7.88. The molecule has 2 aromatic carbocycles. The molecule has 0 fully saturated rings. The Morgan fingerprint density at radius 1 is 1.12 bits per heavy atom. The molecule has 0 unspecified atom stereocenters. The third kappa shape index (κ3) is 4.46. The van der Waals surface area contributed by atoms with Crippen molar-refractivity contribution < 1.29 is 23.1 Å². The van der Waals surface area contributed by atoms with Crippen molar-refractivity contribution in [1.82, 2.24) is 0 Å². The maximum absolute atomic E-state index is 14.4. The molecule has 0 atom stereocenters. The third-order valence-corrected chi connectivity index (χ3v) is 4.35. The molecule has 0 spiro atoms. The molecule has 0 aliphatic carbocycles. The number of carboxylic acids is 1. The first-order valence-electron chi connectivity index (χ1n) is 7.81. The molecule has 0 heterocycles. The van der Waals surface area contributed by atoms with Crippen LogP contribution in [0.15, 0.2) is 24.3 Å². The van der Waals surface area contributed by atoms with Crippen LogP contribution in [0.5, 0.6) is 0 Å². The first kappa shape index (κ1) is 19.6. The fraction of sp³-hybridized carbons (Fsp3) is 0.211. The topological polar surface area (TPSA) is 49.3 Å². The number of halogens is 3. The molecule has 26 heavy (non-hydrogen) atoms. The van der Waals surface area contributed by atoms with Crippen molar-refractivity contribution in [2.45, 2.75) is 26.6 Å². The van der Waals surface area contributed by atoms with E-state index in [-0.39, 0.29) is 5.69 Å². The van der Waals surface area contributed by atoms with Crippen LogP contribution < -0.4 is 5.32 Å². The van der Waals surface area contributed by atoms with E-state index in [9.17, 15) is 18.0 Å². The maximum atomic E-state index is 14.4. The van der Waals surface area contributed by atoms with Crippen LogP contribution in [0.1, 0.15) is 21.5 Å². The second-order valence-corrected chi connectivity index (χ2v) is 11.6. The Kier molecular flexibility index (Phi) is 5.47. The van der Waals surface area contributed by atoms with Crippen LogP contribution in [0.3, 0.4) is 0 Å². The second kappa shape index (κ2) is 7.26. The molecule has 2 N–H and O–H groups in total. The van der Waals surface area contributed by atoms with Gasteiger partial charge in [0, 0.05) is 5.56 Å². The summed E-state index contributed by atoms with van der Waals surface area (Å²) in [5, 5.41) is 11.5. The highest BCUT2D eigenvalue weighted by Gasteiger charge is 2.20. The second-order valence-electron chi connectivity index (χ2n) is 6.86. The number of aromatic carboxylic acids is 1. The predicted molar refractivity (Wildman–Crippen MR) is 98.0 cm³/mol. The minimum atomic E-state index is -1.64. The fourth-order valence-electron chi connectivity index (χ4n) is 2.15. The van der Waals surface area contributed by atoms with E-state index < -0.39 is 42.7 Å². The molecule has 3 nitrogen and oxygen atoms in total. The largest absolute Gasteiger partial charge is 0.478 e. The van der Waals surface area contributed by atoms with Crippen molar-refractivity contribution in [2.24, 2.45) is 0 Å². The van der Waals surface area contributed by atoms with Gasteiger partial charge < -0.3 is 10.4 Å². The molecule has 0 saturated heterocycles. The molecule has 2 aromatic rings. The molecule has 0 saturated carbocycles. The van der Waals surface area contributed by atoms with E-state index in [1.165, 1.54) is 12.1 Å². The Morgan fingerprint density at radius 2 is 1.77 bits per heavy atom. The summed E-state index contributed by atoms with van der Waals surface area (Å²) in [6.07, 6.45) is 0. The van der Waals surface area contributed by atoms with Crippen LogP contribution in [0.25, 0.3) is 0 Å². The highest BCUT2D eigenvalue weighted by Crippen LogP contribution is 2.29. The van der Waals surface area contributed by atoms with Crippen LogP contribution >= 0.6 is 0 Å². The number of anilines is 2. The number of aryl methyl sites for hydroxylation is 1. The van der Waals surface area contributed by atoms with Gasteiger partial charge in [-0.3, -0.25) is 0 Å². The molecule has 2 rings (SSSR count). The van der Waals surface area contributed by atoms with Crippen molar-refractivity contribution in [3.63, 3.8) is 0 Å². The Morgan fingerprint density at radius 3 is 2.35 bits per heavy atom. The van der Waals surface area contributed by atoms with Crippen molar-refractivity contribution in [2.75, 3.05) is 5.32 Å². The minimum Gasteiger partial charge on any atom is -0.478 e. The van der Waals surface area contributed by atoms with Crippen LogP contribution in [0.2, 0.25) is 19.6 Å². The Bertz CT molecular complexity index is 941. The SMILES string of the molecule is Cc1cc(Nc2c(C(=O)O)ccc(F)c2F)c(F)cc1C#C[Si](C)(C)C. The summed E-state index contributed by atoms with van der Waals surface area (Å²) in [4.78, 5) is 11.2. The predicted octanol–water partition coefficient (Wildman–Crippen LogP) is 5.08. The molecule has 136 valence electrons. The zero-order chi connectivity index (χ0) is 19.6. The fourth-order valence-corrected chi connectivity index (χ4v) is 2.66. The number of carboxylic acid groups (broad SMARTS) is 1. The summed E-state index contributed by atoms with van der Waals surface area (Å²) in [7, 11) is -1.64. The van der Waals surface area contributed by atoms with Gasteiger partial charge in [0.1, 0.15) is 13.9 Å². The average molecular weight is 377 g/mol. The summed E-state index contributed by atoms with van der Waals surface area (Å²) in [6, 6.07) is 4.21. The Hall–Kier alpha value is -2.72. The molecule has 0 amide bonds. The zero-order valence-electron chi connectivity index (χ0n) is 14.8. The van der Waals surface area contributed by atoms with Crippen molar-refractivity contribution in [3.05, 3.63) is 58.4 Å². The smallest absolute Gasteiger partial charge is 0.337 e. The van der Waals surface area contributed by atoms with E-state index in [4.69, 9.17) is 5.11 Å². The number of carbonyl (C=O) groups is 1. The number of rotatable bonds is 3. The zero-order valence-corrected chi connectivity index (χ0v) is 15.8. The normalized spacial score (nSPS) is 10.9. The summed E-state index contributed by atoms with van der Waals surface area (Å²) in [5.41, 5.74) is 2.97. The first-order chi connectivity index (χ1) is 12.0. The quantitative estimate of drug-likeness (QED) is 0.579. The molecule has 0 aliphatic heterocycles. The lowest BCUT2D eigenvalue weighted by atomic mass is 10.1. The van der Waals surface area contributed by atoms with Crippen LogP contribution in [-0.2, 0) is 0 Å². The highest BCUT2D eigenvalue weighted by atomic mass is 28.3. The standard InChI is InChI=1S/C19H18F3NO2Si/c1-11-9-16(15(21)10-12(11)7-8-26(2,3)4)23-18-13(19(24)25)5-6-14(20)17(18)22/h5-6,9-10,23H,1-4H3,(H,24,25). The Labute approximate surface area is 150 Å². The van der Waals surface area contributed by atoms with E-state index >= 15 is 0 Å². The Balaban J connectivity index is 2.49. The molecule has 0 radical (unpaired) electrons. The average Bonchev–Trinajstić information content (AvgIpc) is 2.52. The number of nitrogens with one attached hydrogen (secondary N) is 1. The van der Waals surface area contributed by atoms with Crippen molar-refractivity contribution in [1.29, 1.82) is 0 Å². The number of hydrogen-bond donors (Lipinski definition) is 2. The van der Waals surface area contributed by atoms with Gasteiger partial charge in [0.2, 0.25) is 0 Å². The lowest BCUT2D eigenvalue weighted by molar-refractivity contribution is 0.0697. The summed E-state index contributed by atoms with van der Waals surface area (Å²) < 4.78 is 41.9. The monoisotopic (exact) mass is 377 g/mol. The minimum absolute atomic E-state index is 0.159. The van der Waals surface area contributed by atoms with E-state index in [2.05, 4.69) is 36.4 Å². The van der Waals surface area contributed by atoms with Gasteiger partial charge >= 0.3 is 5.97 Å². The summed E-state index contributed by atoms with van der Waals surface area (Å²) >= 11 is 0. The van der Waals surface area contributed by atoms with Crippen LogP contribution in [0.4, 0.5) is 24.5 Å². The van der Waals surface area contributed by atoms with E-state index in [1.54, 1.807) is 6.92 Å². The highest BCUT2D eigenvalue weighted by molar-refractivity contribution is 6.83. The molecule has 7 heteroatoms. The van der Waals surface area contributed by atoms with Gasteiger partial charge in [-0.05, 0) is 36.8 Å². The van der Waals surface area contributed by atoms with E-state index in [1.807, 2.05) is 0 Å². The molecular weight excluding hydrogens is 359 g/mol. The summed E-state index contributed by atoms with van der Waals surface area (Å²) in [5.74, 6) is -1.86. The van der Waals surface area contributed by atoms with Crippen molar-refractivity contribution in [3.8, 4) is 11.5 Å². The van der Waals surface area contributed by atoms with Crippen molar-refractivity contribution >= 4 is 25.4 Å². The maximum Gasteiger partial charge on any atom is 0.337 e. The first-order valence-corrected chi connectivity index (χ1v) is 11.3. The van der Waals surface area contributed by atoms with Gasteiger partial charge in [-0.15, -0.1) is 5.54 Å². The lowest BCUT2D eigenvalue weighted by Gasteiger charge is -2.13. The molecular formula is C19H18F3NO2Si. The number of hydrogen-bond acceptors (Lipinski definition) is 2. The van der Waals surface area contributed by atoms with Gasteiger partial charge in [-0.2, -0.15) is 0 Å². The lowest BCUT2D eigenvalue weighted by Crippen LogP contribution is -2.16. The third-order valence-electron chi connectivity index (χ3n) is 3.47. The van der Waals surface area contributed by atoms with Gasteiger partial charge in [-0.25, -0.2) is 18.0 Å². The van der Waals surface area contributed by atoms with Gasteiger partial charge in [0.25, 0.3) is 0 Å². The van der Waals surface area contributed by atoms with Gasteiger partial charge in [0.05, 0.1) is 16.9 Å². The van der Waals surface area contributed by atoms with Gasteiger partial charge in [0.15, 0.2) is 11.6 Å². The van der Waals surface area contributed by atoms with Gasteiger partial charge in [-0.1, -0.05) is 25.6 Å². The molecule has 0 aliphatic rings. The van der Waals surface area contributed by atoms with E-state index in [0.717, 1.165) is 6.07 Å². The van der Waals surface area contributed by atoms with Crippen LogP contribution in [-0.4, -0.2) is 19.1 Å². The van der Waals surface area contributed by atoms with Crippen LogP contribution in [0, 0.1) is 35.8 Å². The van der Waals surface area contributed by atoms with E-state index in [0.29, 0.717) is 17.2 Å². The molecule has 0 bridgehead atoms. The molecule has 0 aromatic heterocycles. The number of benzene rings is 2.